The lowest BCUT2D eigenvalue weighted by Crippen LogP contribution is -2.42. The van der Waals surface area contributed by atoms with Crippen molar-refractivity contribution >= 4 is 17.1 Å². The minimum atomic E-state index is 0.0450. The Morgan fingerprint density at radius 2 is 2.17 bits per heavy atom. The molecule has 0 amide bonds. The van der Waals surface area contributed by atoms with Crippen molar-refractivity contribution in [1.29, 1.82) is 0 Å². The zero-order valence-electron chi connectivity index (χ0n) is 9.77. The number of aliphatic hydroxyl groups excluding tert-OH is 2. The van der Waals surface area contributed by atoms with Gasteiger partial charge in [-0.3, -0.25) is 0 Å². The van der Waals surface area contributed by atoms with Gasteiger partial charge in [0.1, 0.15) is 5.52 Å². The van der Waals surface area contributed by atoms with E-state index in [9.17, 15) is 10.2 Å². The summed E-state index contributed by atoms with van der Waals surface area (Å²) in [5, 5.41) is 18.6. The number of nitrogens with zero attached hydrogens (tertiary/aromatic N) is 4. The first kappa shape index (κ1) is 11.4. The molecule has 4 N–H and O–H groups in total. The molecule has 2 aromatic heterocycles. The summed E-state index contributed by atoms with van der Waals surface area (Å²) in [5.41, 5.74) is 6.95. The van der Waals surface area contributed by atoms with E-state index < -0.39 is 0 Å². The predicted octanol–water partition coefficient (Wildman–Crippen LogP) is -0.430. The molecule has 3 rings (SSSR count). The number of imidazole rings is 1. The van der Waals surface area contributed by atoms with Crippen LogP contribution in [0.2, 0.25) is 0 Å². The van der Waals surface area contributed by atoms with Gasteiger partial charge in [0.25, 0.3) is 0 Å². The van der Waals surface area contributed by atoms with Gasteiger partial charge in [0, 0.05) is 25.2 Å². The molecular formula is C11H15N5O2. The van der Waals surface area contributed by atoms with Gasteiger partial charge in [-0.15, -0.1) is 0 Å². The summed E-state index contributed by atoms with van der Waals surface area (Å²) in [6, 6.07) is 0.117. The van der Waals surface area contributed by atoms with Gasteiger partial charge in [0.2, 0.25) is 5.95 Å². The van der Waals surface area contributed by atoms with Gasteiger partial charge >= 0.3 is 0 Å². The molecule has 1 aliphatic rings. The van der Waals surface area contributed by atoms with E-state index in [2.05, 4.69) is 15.0 Å². The molecule has 18 heavy (non-hydrogen) atoms. The Labute approximate surface area is 103 Å². The number of rotatable bonds is 3. The second kappa shape index (κ2) is 4.18. The number of nitrogens with two attached hydrogens (primary N) is 1. The minimum absolute atomic E-state index is 0.0450. The van der Waals surface area contributed by atoms with E-state index in [4.69, 9.17) is 5.73 Å². The third kappa shape index (κ3) is 1.55. The lowest BCUT2D eigenvalue weighted by molar-refractivity contribution is -0.00528. The van der Waals surface area contributed by atoms with E-state index in [0.29, 0.717) is 11.2 Å². The summed E-state index contributed by atoms with van der Waals surface area (Å²) in [4.78, 5) is 12.3. The molecule has 2 aromatic rings. The summed E-state index contributed by atoms with van der Waals surface area (Å²) in [7, 11) is 0. The monoisotopic (exact) mass is 249 g/mol. The molecule has 1 saturated carbocycles. The summed E-state index contributed by atoms with van der Waals surface area (Å²) in [5.74, 6) is 0.406. The van der Waals surface area contributed by atoms with Crippen LogP contribution in [-0.4, -0.2) is 42.9 Å². The molecule has 0 bridgehead atoms. The Kier molecular flexibility index (Phi) is 2.64. The summed E-state index contributed by atoms with van der Waals surface area (Å²) < 4.78 is 1.92. The van der Waals surface area contributed by atoms with Crippen LogP contribution in [0.1, 0.15) is 12.5 Å². The van der Waals surface area contributed by atoms with Gasteiger partial charge in [0.15, 0.2) is 5.65 Å². The van der Waals surface area contributed by atoms with Crippen molar-refractivity contribution in [2.45, 2.75) is 12.5 Å². The summed E-state index contributed by atoms with van der Waals surface area (Å²) in [6.45, 7) is 0.154. The van der Waals surface area contributed by atoms with Crippen molar-refractivity contribution in [3.63, 3.8) is 0 Å². The maximum atomic E-state index is 9.38. The smallest absolute Gasteiger partial charge is 0.222 e. The first-order valence-electron chi connectivity index (χ1n) is 5.91. The second-order valence-corrected chi connectivity index (χ2v) is 4.68. The number of fused-ring (bicyclic) bond motifs is 1. The first-order valence-corrected chi connectivity index (χ1v) is 5.91. The highest BCUT2D eigenvalue weighted by atomic mass is 16.3. The zero-order valence-corrected chi connectivity index (χ0v) is 9.77. The fourth-order valence-electron chi connectivity index (χ4n) is 2.66. The Hall–Kier alpha value is -1.73. The average molecular weight is 249 g/mol. The van der Waals surface area contributed by atoms with Crippen molar-refractivity contribution in [2.24, 2.45) is 11.8 Å². The number of nitrogen functional groups attached to an aromatic ring is 1. The second-order valence-electron chi connectivity index (χ2n) is 4.68. The van der Waals surface area contributed by atoms with Crippen molar-refractivity contribution < 1.29 is 10.2 Å². The minimum Gasteiger partial charge on any atom is -0.396 e. The van der Waals surface area contributed by atoms with Gasteiger partial charge in [-0.25, -0.2) is 9.97 Å². The molecular weight excluding hydrogens is 234 g/mol. The molecule has 7 heteroatoms. The maximum Gasteiger partial charge on any atom is 0.222 e. The van der Waals surface area contributed by atoms with Crippen LogP contribution in [0.4, 0.5) is 5.95 Å². The van der Waals surface area contributed by atoms with Crippen molar-refractivity contribution in [3.05, 3.63) is 12.5 Å². The van der Waals surface area contributed by atoms with Crippen LogP contribution in [0.5, 0.6) is 0 Å². The van der Waals surface area contributed by atoms with E-state index in [-0.39, 0.29) is 37.0 Å². The van der Waals surface area contributed by atoms with Gasteiger partial charge in [-0.2, -0.15) is 4.98 Å². The van der Waals surface area contributed by atoms with Crippen LogP contribution in [0, 0.1) is 11.8 Å². The number of aliphatic hydroxyl groups is 2. The Bertz CT molecular complexity index is 570. The van der Waals surface area contributed by atoms with Crippen molar-refractivity contribution in [2.75, 3.05) is 18.9 Å². The highest BCUT2D eigenvalue weighted by Crippen LogP contribution is 2.44. The molecule has 1 aliphatic carbocycles. The average Bonchev–Trinajstić information content (AvgIpc) is 2.72. The topological polar surface area (TPSA) is 110 Å². The van der Waals surface area contributed by atoms with E-state index in [1.165, 1.54) is 0 Å². The molecule has 1 fully saturated rings. The quantitative estimate of drug-likeness (QED) is 0.681. The third-order valence-corrected chi connectivity index (χ3v) is 3.78. The van der Waals surface area contributed by atoms with Crippen LogP contribution in [0.25, 0.3) is 11.2 Å². The van der Waals surface area contributed by atoms with E-state index in [0.717, 1.165) is 6.42 Å². The number of anilines is 1. The molecule has 0 aliphatic heterocycles. The van der Waals surface area contributed by atoms with Gasteiger partial charge < -0.3 is 20.5 Å². The van der Waals surface area contributed by atoms with Crippen molar-refractivity contribution in [3.8, 4) is 0 Å². The lowest BCUT2D eigenvalue weighted by Gasteiger charge is -2.43. The number of aromatic nitrogens is 4. The Balaban J connectivity index is 1.98. The third-order valence-electron chi connectivity index (χ3n) is 3.78. The largest absolute Gasteiger partial charge is 0.396 e. The van der Waals surface area contributed by atoms with E-state index >= 15 is 0 Å². The molecule has 0 saturated heterocycles. The van der Waals surface area contributed by atoms with Crippen LogP contribution in [0.3, 0.4) is 0 Å². The van der Waals surface area contributed by atoms with Crippen LogP contribution < -0.4 is 5.73 Å². The SMILES string of the molecule is Nc1ncc2ncn([C@@H]3C[C@H](CO)[C@H]3CO)c2n1. The Morgan fingerprint density at radius 1 is 1.33 bits per heavy atom. The standard InChI is InChI=1S/C11H15N5O2/c12-11-13-2-8-10(15-11)16(5-14-8)9-1-6(3-17)7(9)4-18/h2,5-7,9,17-18H,1,3-4H2,(H2,12,13,15)/t6-,7-,9-/m1/s1. The van der Waals surface area contributed by atoms with E-state index in [1.807, 2.05) is 4.57 Å². The Morgan fingerprint density at radius 3 is 2.89 bits per heavy atom. The number of hydrogen-bond donors (Lipinski definition) is 3. The molecule has 0 aromatic carbocycles. The zero-order chi connectivity index (χ0) is 12.7. The molecule has 0 spiro atoms. The highest BCUT2D eigenvalue weighted by molar-refractivity contribution is 5.70. The fourth-order valence-corrected chi connectivity index (χ4v) is 2.66. The highest BCUT2D eigenvalue weighted by Gasteiger charge is 2.41. The fraction of sp³-hybridized carbons (Fsp3) is 0.545. The molecule has 3 atom stereocenters. The molecule has 96 valence electrons. The van der Waals surface area contributed by atoms with Gasteiger partial charge in [-0.05, 0) is 12.3 Å². The van der Waals surface area contributed by atoms with Crippen molar-refractivity contribution in [1.82, 2.24) is 19.5 Å². The maximum absolute atomic E-state index is 9.38. The van der Waals surface area contributed by atoms with Gasteiger partial charge in [-0.1, -0.05) is 0 Å². The van der Waals surface area contributed by atoms with Crippen LogP contribution >= 0.6 is 0 Å². The molecule has 0 unspecified atom stereocenters. The summed E-state index contributed by atoms with van der Waals surface area (Å²) in [6.07, 6.45) is 4.10. The lowest BCUT2D eigenvalue weighted by atomic mass is 9.70. The van der Waals surface area contributed by atoms with E-state index in [1.54, 1.807) is 12.5 Å². The van der Waals surface area contributed by atoms with Crippen LogP contribution in [-0.2, 0) is 0 Å². The molecule has 7 nitrogen and oxygen atoms in total. The molecule has 2 heterocycles. The molecule has 0 radical (unpaired) electrons. The number of hydrogen-bond acceptors (Lipinski definition) is 6. The van der Waals surface area contributed by atoms with Gasteiger partial charge in [0.05, 0.1) is 12.5 Å². The predicted molar refractivity (Wildman–Crippen MR) is 64.5 cm³/mol. The summed E-state index contributed by atoms with van der Waals surface area (Å²) >= 11 is 0. The normalized spacial score (nSPS) is 27.3. The first-order chi connectivity index (χ1) is 8.74. The van der Waals surface area contributed by atoms with Crippen LogP contribution in [0.15, 0.2) is 12.5 Å².